The smallest absolute Gasteiger partial charge is 0.410 e. The molecule has 69 heavy (non-hydrogen) atoms. The van der Waals surface area contributed by atoms with Crippen molar-refractivity contribution in [3.63, 3.8) is 0 Å². The van der Waals surface area contributed by atoms with Crippen molar-refractivity contribution in [1.82, 2.24) is 19.6 Å². The minimum absolute atomic E-state index is 0.192. The summed E-state index contributed by atoms with van der Waals surface area (Å²) < 4.78 is 20.1. The predicted molar refractivity (Wildman–Crippen MR) is 270 cm³/mol. The highest BCUT2D eigenvalue weighted by Gasteiger charge is 2.31. The summed E-state index contributed by atoms with van der Waals surface area (Å²) in [7, 11) is 2.71. The SMILES string of the molecule is CC(C)(C)OC(=O)N1CCN(C(=O)Nc2cccc(Cl)c2)CC1.COC(=O)c1ccc(CBr)cc1.COC(=O)c1ccc(CN(C(=O)N2CCN(C(=O)OC(C)(C)C)CC2)c2cccc(Cl)c2)cc1. The van der Waals surface area contributed by atoms with Crippen molar-refractivity contribution in [3.05, 3.63) is 129 Å². The molecule has 0 saturated carbocycles. The molecular weight excluding hydrogens is 995 g/mol. The number of hydrogen-bond acceptors (Lipinski definition) is 10. The standard InChI is InChI=1S/C25H30ClN3O5.C16H22ClN3O3.C9H9BrO2/c1-25(2,3)34-24(32)28-14-12-27(13-15-28)23(31)29(21-7-5-6-20(26)16-21)17-18-8-10-19(11-9-18)22(30)33-4;1-16(2,3)23-15(22)20-9-7-19(8-10-20)14(21)18-13-6-4-5-12(17)11-13;1-12-9(11)8-4-2-7(6-10)3-5-8/h5-11,16H,12-15,17H2,1-4H3;4-6,11H,7-10H2,1-3H3,(H,18,21);2-5H,6H2,1H3. The summed E-state index contributed by atoms with van der Waals surface area (Å²) in [5.74, 6) is -0.715. The molecule has 4 aromatic rings. The highest BCUT2D eigenvalue weighted by molar-refractivity contribution is 9.08. The summed E-state index contributed by atoms with van der Waals surface area (Å²) in [6, 6.07) is 27.9. The Kier molecular flexibility index (Phi) is 21.0. The number of methoxy groups -OCH3 is 2. The van der Waals surface area contributed by atoms with Gasteiger partial charge in [-0.05, 0) is 113 Å². The van der Waals surface area contributed by atoms with Crippen molar-refractivity contribution in [1.29, 1.82) is 0 Å². The number of rotatable bonds is 7. The second-order valence-electron chi connectivity index (χ2n) is 17.7. The lowest BCUT2D eigenvalue weighted by Crippen LogP contribution is -2.54. The number of carbonyl (C=O) groups is 6. The van der Waals surface area contributed by atoms with E-state index in [1.165, 1.54) is 14.2 Å². The van der Waals surface area contributed by atoms with Crippen molar-refractivity contribution in [3.8, 4) is 0 Å². The number of hydrogen-bond donors (Lipinski definition) is 1. The maximum Gasteiger partial charge on any atom is 0.410 e. The molecule has 0 bridgehead atoms. The molecule has 19 heteroatoms. The zero-order chi connectivity index (χ0) is 50.9. The van der Waals surface area contributed by atoms with Crippen LogP contribution in [0.5, 0.6) is 0 Å². The van der Waals surface area contributed by atoms with E-state index in [4.69, 9.17) is 37.4 Å². The van der Waals surface area contributed by atoms with Crippen LogP contribution in [0.1, 0.15) is 73.4 Å². The zero-order valence-corrected chi connectivity index (χ0v) is 43.4. The van der Waals surface area contributed by atoms with Gasteiger partial charge in [0.25, 0.3) is 0 Å². The third kappa shape index (κ3) is 18.4. The average Bonchev–Trinajstić information content (AvgIpc) is 3.32. The number of nitrogens with one attached hydrogen (secondary N) is 1. The highest BCUT2D eigenvalue weighted by Crippen LogP contribution is 2.25. The van der Waals surface area contributed by atoms with E-state index in [1.54, 1.807) is 103 Å². The second-order valence-corrected chi connectivity index (χ2v) is 19.1. The number of halogens is 3. The van der Waals surface area contributed by atoms with E-state index in [0.29, 0.717) is 84.9 Å². The lowest BCUT2D eigenvalue weighted by molar-refractivity contribution is 0.0165. The van der Waals surface area contributed by atoms with E-state index in [2.05, 4.69) is 26.0 Å². The van der Waals surface area contributed by atoms with E-state index >= 15 is 0 Å². The molecule has 0 radical (unpaired) electrons. The first-order chi connectivity index (χ1) is 32.6. The summed E-state index contributed by atoms with van der Waals surface area (Å²) in [4.78, 5) is 81.1. The zero-order valence-electron chi connectivity index (χ0n) is 40.3. The van der Waals surface area contributed by atoms with Crippen LogP contribution in [0.15, 0.2) is 97.1 Å². The number of benzene rings is 4. The van der Waals surface area contributed by atoms with Gasteiger partial charge in [-0.2, -0.15) is 0 Å². The third-order valence-electron chi connectivity index (χ3n) is 10.1. The molecular formula is C50H61BrCl2N6O10. The fourth-order valence-electron chi connectivity index (χ4n) is 6.57. The predicted octanol–water partition coefficient (Wildman–Crippen LogP) is 10.6. The number of amides is 6. The minimum Gasteiger partial charge on any atom is -0.465 e. The van der Waals surface area contributed by atoms with Crippen LogP contribution in [-0.2, 0) is 30.8 Å². The maximum absolute atomic E-state index is 13.5. The Balaban J connectivity index is 0.000000254. The van der Waals surface area contributed by atoms with Gasteiger partial charge in [0.05, 0.1) is 31.9 Å². The number of nitrogens with zero attached hydrogens (tertiary/aromatic N) is 5. The van der Waals surface area contributed by atoms with E-state index in [-0.39, 0.29) is 36.8 Å². The van der Waals surface area contributed by atoms with Crippen LogP contribution in [0, 0.1) is 0 Å². The van der Waals surface area contributed by atoms with E-state index in [1.807, 2.05) is 59.7 Å². The Morgan fingerprint density at radius 3 is 1.42 bits per heavy atom. The Morgan fingerprint density at radius 1 is 0.580 bits per heavy atom. The van der Waals surface area contributed by atoms with Gasteiger partial charge in [-0.1, -0.05) is 75.5 Å². The number of anilines is 2. The number of urea groups is 2. The van der Waals surface area contributed by atoms with Crippen molar-refractivity contribution >= 4 is 86.7 Å². The molecule has 0 aromatic heterocycles. The van der Waals surface area contributed by atoms with Crippen LogP contribution < -0.4 is 10.2 Å². The number of esters is 2. The summed E-state index contributed by atoms with van der Waals surface area (Å²) in [5.41, 5.74) is 3.22. The molecule has 6 amide bonds. The summed E-state index contributed by atoms with van der Waals surface area (Å²) >= 11 is 15.4. The first-order valence-corrected chi connectivity index (χ1v) is 24.0. The van der Waals surface area contributed by atoms with Gasteiger partial charge in [0.2, 0.25) is 0 Å². The first kappa shape index (κ1) is 55.6. The van der Waals surface area contributed by atoms with Gasteiger partial charge in [0.15, 0.2) is 0 Å². The van der Waals surface area contributed by atoms with Crippen molar-refractivity contribution in [2.45, 2.75) is 64.6 Å². The number of alkyl halides is 1. The minimum atomic E-state index is -0.573. The fraction of sp³-hybridized carbons (Fsp3) is 0.400. The molecule has 1 N–H and O–H groups in total. The molecule has 2 aliphatic rings. The average molecular weight is 1060 g/mol. The molecule has 0 atom stereocenters. The van der Waals surface area contributed by atoms with Crippen LogP contribution in [0.4, 0.5) is 30.6 Å². The fourth-order valence-corrected chi connectivity index (χ4v) is 7.32. The van der Waals surface area contributed by atoms with Crippen LogP contribution >= 0.6 is 39.1 Å². The Hall–Kier alpha value is -6.04. The van der Waals surface area contributed by atoms with Crippen LogP contribution in [0.3, 0.4) is 0 Å². The second kappa shape index (κ2) is 26.1. The molecule has 0 unspecified atom stereocenters. The Bertz CT molecular complexity index is 2360. The molecule has 4 aromatic carbocycles. The van der Waals surface area contributed by atoms with Gasteiger partial charge in [0.1, 0.15) is 11.2 Å². The first-order valence-electron chi connectivity index (χ1n) is 22.1. The van der Waals surface area contributed by atoms with E-state index in [9.17, 15) is 28.8 Å². The Morgan fingerprint density at radius 2 is 1.00 bits per heavy atom. The third-order valence-corrected chi connectivity index (χ3v) is 11.2. The summed E-state index contributed by atoms with van der Waals surface area (Å²) in [6.45, 7) is 14.6. The van der Waals surface area contributed by atoms with Crippen LogP contribution in [0.25, 0.3) is 0 Å². The lowest BCUT2D eigenvalue weighted by Gasteiger charge is -2.38. The van der Waals surface area contributed by atoms with Crippen LogP contribution in [-0.4, -0.2) is 134 Å². The summed E-state index contributed by atoms with van der Waals surface area (Å²) in [5, 5.41) is 4.69. The molecule has 16 nitrogen and oxygen atoms in total. The van der Waals surface area contributed by atoms with Gasteiger partial charge in [-0.25, -0.2) is 28.8 Å². The molecule has 2 fully saturated rings. The monoisotopic (exact) mass is 1050 g/mol. The van der Waals surface area contributed by atoms with Crippen molar-refractivity contribution in [2.24, 2.45) is 0 Å². The molecule has 2 aliphatic heterocycles. The van der Waals surface area contributed by atoms with Gasteiger partial charge < -0.3 is 43.9 Å². The van der Waals surface area contributed by atoms with Crippen molar-refractivity contribution in [2.75, 3.05) is 76.8 Å². The molecule has 6 rings (SSSR count). The van der Waals surface area contributed by atoms with E-state index < -0.39 is 17.2 Å². The number of carbonyl (C=O) groups excluding carboxylic acids is 6. The summed E-state index contributed by atoms with van der Waals surface area (Å²) in [6.07, 6.45) is -0.718. The van der Waals surface area contributed by atoms with Crippen LogP contribution in [0.2, 0.25) is 10.0 Å². The Labute approximate surface area is 422 Å². The highest BCUT2D eigenvalue weighted by atomic mass is 79.9. The lowest BCUT2D eigenvalue weighted by atomic mass is 10.1. The van der Waals surface area contributed by atoms with Crippen molar-refractivity contribution < 1.29 is 47.7 Å². The maximum atomic E-state index is 13.5. The molecule has 372 valence electrons. The topological polar surface area (TPSA) is 168 Å². The molecule has 0 spiro atoms. The molecule has 2 heterocycles. The van der Waals surface area contributed by atoms with Gasteiger partial charge in [0, 0.05) is 79.1 Å². The van der Waals surface area contributed by atoms with Gasteiger partial charge in [-0.3, -0.25) is 4.90 Å². The van der Waals surface area contributed by atoms with Gasteiger partial charge >= 0.3 is 36.2 Å². The largest absolute Gasteiger partial charge is 0.465 e. The number of piperazine rings is 2. The van der Waals surface area contributed by atoms with Gasteiger partial charge in [-0.15, -0.1) is 0 Å². The normalized spacial score (nSPS) is 13.6. The molecule has 2 saturated heterocycles. The quantitative estimate of drug-likeness (QED) is 0.107. The molecule has 0 aliphatic carbocycles. The van der Waals surface area contributed by atoms with E-state index in [0.717, 1.165) is 16.5 Å². The number of ether oxygens (including phenoxy) is 4.